The molecule has 1 fully saturated rings. The molecule has 1 aromatic rings. The zero-order valence-corrected chi connectivity index (χ0v) is 14.1. The molecule has 0 saturated carbocycles. The number of carbonyl (C=O) groups is 1. The van der Waals surface area contributed by atoms with Crippen LogP contribution < -0.4 is 4.74 Å². The summed E-state index contributed by atoms with van der Waals surface area (Å²) in [5.74, 6) is 0.828. The first-order chi connectivity index (χ1) is 10.1. The van der Waals surface area contributed by atoms with Crippen LogP contribution in [-0.4, -0.2) is 38.3 Å². The van der Waals surface area contributed by atoms with E-state index in [0.29, 0.717) is 39.1 Å². The molecule has 5 heteroatoms. The fourth-order valence-corrected chi connectivity index (χ4v) is 3.11. The van der Waals surface area contributed by atoms with E-state index in [0.717, 1.165) is 15.8 Å². The van der Waals surface area contributed by atoms with Gasteiger partial charge in [-0.2, -0.15) is 0 Å². The van der Waals surface area contributed by atoms with Crippen LogP contribution in [0.15, 0.2) is 22.7 Å². The van der Waals surface area contributed by atoms with Crippen LogP contribution in [0, 0.1) is 0 Å². The van der Waals surface area contributed by atoms with Gasteiger partial charge in [0.25, 0.3) is 0 Å². The third-order valence-corrected chi connectivity index (χ3v) is 4.32. The maximum absolute atomic E-state index is 12.8. The molecule has 1 saturated heterocycles. The molecule has 1 aliphatic rings. The highest BCUT2D eigenvalue weighted by Gasteiger charge is 2.40. The van der Waals surface area contributed by atoms with Gasteiger partial charge in [0.15, 0.2) is 5.78 Å². The number of methoxy groups -OCH3 is 1. The Labute approximate surface area is 133 Å². The molecule has 2 rings (SSSR count). The average molecular weight is 357 g/mol. The van der Waals surface area contributed by atoms with Gasteiger partial charge < -0.3 is 14.2 Å². The number of carbonyl (C=O) groups excluding carboxylic acids is 1. The summed E-state index contributed by atoms with van der Waals surface area (Å²) in [6, 6.07) is 5.69. The molecule has 0 spiro atoms. The molecular weight excluding hydrogens is 336 g/mol. The minimum atomic E-state index is -0.708. The second-order valence-electron chi connectivity index (χ2n) is 5.10. The molecule has 0 unspecified atom stereocenters. The molecule has 0 atom stereocenters. The second kappa shape index (κ2) is 7.38. The quantitative estimate of drug-likeness (QED) is 0.785. The van der Waals surface area contributed by atoms with Crippen LogP contribution >= 0.6 is 15.9 Å². The van der Waals surface area contributed by atoms with Crippen LogP contribution in [0.4, 0.5) is 0 Å². The normalized spacial score (nSPS) is 17.5. The van der Waals surface area contributed by atoms with Crippen molar-refractivity contribution in [3.8, 4) is 5.75 Å². The van der Waals surface area contributed by atoms with E-state index in [9.17, 15) is 4.79 Å². The summed E-state index contributed by atoms with van der Waals surface area (Å²) in [7, 11) is 1.62. The lowest BCUT2D eigenvalue weighted by Crippen LogP contribution is -2.47. The van der Waals surface area contributed by atoms with Crippen molar-refractivity contribution in [1.29, 1.82) is 0 Å². The third-order valence-electron chi connectivity index (χ3n) is 3.82. The lowest BCUT2D eigenvalue weighted by molar-refractivity contribution is -0.156. The third kappa shape index (κ3) is 3.84. The smallest absolute Gasteiger partial charge is 0.169 e. The maximum Gasteiger partial charge on any atom is 0.169 e. The van der Waals surface area contributed by atoms with Gasteiger partial charge in [0.05, 0.1) is 7.11 Å². The Bertz CT molecular complexity index is 490. The van der Waals surface area contributed by atoms with Crippen LogP contribution in [0.3, 0.4) is 0 Å². The van der Waals surface area contributed by atoms with Crippen molar-refractivity contribution in [1.82, 2.24) is 0 Å². The number of rotatable bonds is 6. The number of halogens is 1. The van der Waals surface area contributed by atoms with Crippen molar-refractivity contribution >= 4 is 21.7 Å². The summed E-state index contributed by atoms with van der Waals surface area (Å²) in [5, 5.41) is 0. The van der Waals surface area contributed by atoms with Gasteiger partial charge in [-0.05, 0) is 25.1 Å². The fraction of sp³-hybridized carbons (Fsp3) is 0.562. The van der Waals surface area contributed by atoms with Crippen molar-refractivity contribution < 1.29 is 19.0 Å². The van der Waals surface area contributed by atoms with E-state index < -0.39 is 5.60 Å². The number of ketones is 1. The molecule has 4 nitrogen and oxygen atoms in total. The first kappa shape index (κ1) is 16.5. The molecule has 0 N–H and O–H groups in total. The molecule has 0 aliphatic carbocycles. The Hall–Kier alpha value is -0.910. The van der Waals surface area contributed by atoms with Gasteiger partial charge in [-0.25, -0.2) is 0 Å². The summed E-state index contributed by atoms with van der Waals surface area (Å²) < 4.78 is 17.5. The summed E-state index contributed by atoms with van der Waals surface area (Å²) in [5.41, 5.74) is 0.169. The molecule has 0 amide bonds. The monoisotopic (exact) mass is 356 g/mol. The van der Waals surface area contributed by atoms with Crippen LogP contribution in [0.2, 0.25) is 0 Å². The van der Waals surface area contributed by atoms with Gasteiger partial charge in [-0.15, -0.1) is 0 Å². The fourth-order valence-electron chi connectivity index (χ4n) is 2.70. The molecule has 0 radical (unpaired) electrons. The first-order valence-electron chi connectivity index (χ1n) is 7.18. The Morgan fingerprint density at radius 2 is 2.10 bits per heavy atom. The van der Waals surface area contributed by atoms with Crippen molar-refractivity contribution in [2.75, 3.05) is 26.9 Å². The van der Waals surface area contributed by atoms with Gasteiger partial charge in [-0.1, -0.05) is 15.9 Å². The van der Waals surface area contributed by atoms with Crippen LogP contribution in [0.1, 0.15) is 25.3 Å². The minimum Gasteiger partial charge on any atom is -0.496 e. The maximum atomic E-state index is 12.8. The van der Waals surface area contributed by atoms with E-state index in [1.807, 2.05) is 25.1 Å². The van der Waals surface area contributed by atoms with Gasteiger partial charge >= 0.3 is 0 Å². The Balaban J connectivity index is 2.20. The van der Waals surface area contributed by atoms with Crippen molar-refractivity contribution in [2.24, 2.45) is 0 Å². The van der Waals surface area contributed by atoms with Crippen LogP contribution in [0.5, 0.6) is 5.75 Å². The summed E-state index contributed by atoms with van der Waals surface area (Å²) in [6.45, 7) is 3.59. The number of benzene rings is 1. The first-order valence-corrected chi connectivity index (χ1v) is 7.98. The zero-order valence-electron chi connectivity index (χ0n) is 12.5. The Morgan fingerprint density at radius 1 is 1.38 bits per heavy atom. The van der Waals surface area contributed by atoms with E-state index in [2.05, 4.69) is 15.9 Å². The standard InChI is InChI=1S/C16H21BrO4/c1-3-21-16(6-8-20-9-7-16)15(18)11-12-10-13(17)4-5-14(12)19-2/h4-5,10H,3,6-9,11H2,1-2H3. The van der Waals surface area contributed by atoms with E-state index in [1.54, 1.807) is 7.11 Å². The van der Waals surface area contributed by atoms with Gasteiger partial charge in [-0.3, -0.25) is 4.79 Å². The number of ether oxygens (including phenoxy) is 3. The Kier molecular flexibility index (Phi) is 5.79. The van der Waals surface area contributed by atoms with E-state index in [4.69, 9.17) is 14.2 Å². The van der Waals surface area contributed by atoms with Crippen molar-refractivity contribution in [2.45, 2.75) is 31.8 Å². The Morgan fingerprint density at radius 3 is 2.71 bits per heavy atom. The van der Waals surface area contributed by atoms with E-state index in [1.165, 1.54) is 0 Å². The lowest BCUT2D eigenvalue weighted by Gasteiger charge is -2.35. The molecule has 21 heavy (non-hydrogen) atoms. The summed E-state index contributed by atoms with van der Waals surface area (Å²) >= 11 is 3.44. The molecule has 0 bridgehead atoms. The highest BCUT2D eigenvalue weighted by atomic mass is 79.9. The number of hydrogen-bond acceptors (Lipinski definition) is 4. The molecule has 1 aliphatic heterocycles. The second-order valence-corrected chi connectivity index (χ2v) is 6.01. The molecular formula is C16H21BrO4. The topological polar surface area (TPSA) is 44.8 Å². The van der Waals surface area contributed by atoms with Crippen molar-refractivity contribution in [3.63, 3.8) is 0 Å². The number of hydrogen-bond donors (Lipinski definition) is 0. The predicted molar refractivity (Wildman–Crippen MR) is 83.8 cm³/mol. The van der Waals surface area contributed by atoms with Crippen molar-refractivity contribution in [3.05, 3.63) is 28.2 Å². The zero-order chi connectivity index (χ0) is 15.3. The largest absolute Gasteiger partial charge is 0.496 e. The van der Waals surface area contributed by atoms with Crippen LogP contribution in [-0.2, 0) is 20.7 Å². The highest BCUT2D eigenvalue weighted by Crippen LogP contribution is 2.30. The molecule has 0 aromatic heterocycles. The number of Topliss-reactive ketones (excluding diaryl/α,β-unsaturated/α-hetero) is 1. The van der Waals surface area contributed by atoms with Gasteiger partial charge in [0.2, 0.25) is 0 Å². The lowest BCUT2D eigenvalue weighted by atomic mass is 9.86. The molecule has 1 aromatic carbocycles. The average Bonchev–Trinajstić information content (AvgIpc) is 2.49. The summed E-state index contributed by atoms with van der Waals surface area (Å²) in [4.78, 5) is 12.8. The van der Waals surface area contributed by atoms with E-state index >= 15 is 0 Å². The van der Waals surface area contributed by atoms with E-state index in [-0.39, 0.29) is 5.78 Å². The highest BCUT2D eigenvalue weighted by molar-refractivity contribution is 9.10. The van der Waals surface area contributed by atoms with Crippen LogP contribution in [0.25, 0.3) is 0 Å². The minimum absolute atomic E-state index is 0.101. The molecule has 1 heterocycles. The SMILES string of the molecule is CCOC1(C(=O)Cc2cc(Br)ccc2OC)CCOCC1. The van der Waals surface area contributed by atoms with Gasteiger partial charge in [0.1, 0.15) is 11.4 Å². The van der Waals surface area contributed by atoms with Gasteiger partial charge in [0, 0.05) is 49.1 Å². The molecule has 116 valence electrons. The summed E-state index contributed by atoms with van der Waals surface area (Å²) in [6.07, 6.45) is 1.55. The predicted octanol–water partition coefficient (Wildman–Crippen LogP) is 3.16.